The predicted octanol–water partition coefficient (Wildman–Crippen LogP) is 3.76. The Morgan fingerprint density at radius 2 is 1.96 bits per heavy atom. The molecule has 0 saturated heterocycles. The van der Waals surface area contributed by atoms with E-state index in [-0.39, 0.29) is 12.3 Å². The maximum Gasteiger partial charge on any atom is 0.416 e. The van der Waals surface area contributed by atoms with E-state index in [0.29, 0.717) is 18.0 Å². The summed E-state index contributed by atoms with van der Waals surface area (Å²) in [7, 11) is 0. The van der Waals surface area contributed by atoms with E-state index in [1.807, 2.05) is 13.8 Å². The summed E-state index contributed by atoms with van der Waals surface area (Å²) in [5.74, 6) is -0.577. The number of halogens is 3. The van der Waals surface area contributed by atoms with Crippen LogP contribution in [0.2, 0.25) is 0 Å². The van der Waals surface area contributed by atoms with E-state index < -0.39 is 28.8 Å². The molecule has 0 N–H and O–H groups in total. The highest BCUT2D eigenvalue weighted by Gasteiger charge is 2.30. The fourth-order valence-electron chi connectivity index (χ4n) is 2.22. The molecule has 0 aliphatic carbocycles. The highest BCUT2D eigenvalue weighted by Crippen LogP contribution is 2.30. The minimum atomic E-state index is -4.51. The molecule has 0 aliphatic heterocycles. The quantitative estimate of drug-likeness (QED) is 0.754. The average Bonchev–Trinajstić information content (AvgIpc) is 2.53. The fourth-order valence-corrected chi connectivity index (χ4v) is 2.22. The van der Waals surface area contributed by atoms with Crippen LogP contribution in [0.4, 0.5) is 13.2 Å². The Bertz CT molecular complexity index is 857. The van der Waals surface area contributed by atoms with Crippen LogP contribution in [0.1, 0.15) is 42.0 Å². The minimum absolute atomic E-state index is 0.0913. The smallest absolute Gasteiger partial charge is 0.416 e. The molecule has 8 heteroatoms. The lowest BCUT2D eigenvalue weighted by Gasteiger charge is -2.13. The summed E-state index contributed by atoms with van der Waals surface area (Å²) < 4.78 is 44.9. The molecule has 0 bridgehead atoms. The molecule has 26 heavy (non-hydrogen) atoms. The molecule has 0 spiro atoms. The Hall–Kier alpha value is -2.64. The van der Waals surface area contributed by atoms with Gasteiger partial charge < -0.3 is 4.74 Å². The molecule has 0 unspecified atom stereocenters. The number of aryl methyl sites for hydroxylation is 1. The van der Waals surface area contributed by atoms with E-state index >= 15 is 0 Å². The van der Waals surface area contributed by atoms with E-state index in [2.05, 4.69) is 5.10 Å². The normalized spacial score (nSPS) is 11.7. The van der Waals surface area contributed by atoms with Crippen molar-refractivity contribution >= 4 is 5.97 Å². The van der Waals surface area contributed by atoms with Crippen LogP contribution in [0.5, 0.6) is 0 Å². The van der Waals surface area contributed by atoms with Crippen LogP contribution in [0.3, 0.4) is 0 Å². The lowest BCUT2D eigenvalue weighted by Crippen LogP contribution is -2.24. The molecule has 5 nitrogen and oxygen atoms in total. The van der Waals surface area contributed by atoms with Crippen molar-refractivity contribution in [1.82, 2.24) is 9.78 Å². The standard InChI is InChI=1S/C18H19F3N2O3/c1-11(2)7-8-26-17(25)16-15(24)9-12(3)23(22-16)14-6-4-5-13(10-14)18(19,20)21/h4-6,9-11H,7-8H2,1-3H3. The van der Waals surface area contributed by atoms with Crippen molar-refractivity contribution in [1.29, 1.82) is 0 Å². The molecule has 0 fully saturated rings. The molecular weight excluding hydrogens is 349 g/mol. The molecular formula is C18H19F3N2O3. The maximum absolute atomic E-state index is 12.9. The van der Waals surface area contributed by atoms with Crippen molar-refractivity contribution in [2.75, 3.05) is 6.61 Å². The SMILES string of the molecule is Cc1cc(=O)c(C(=O)OCCC(C)C)nn1-c1cccc(C(F)(F)F)c1. The van der Waals surface area contributed by atoms with Gasteiger partial charge in [0, 0.05) is 11.8 Å². The van der Waals surface area contributed by atoms with Gasteiger partial charge in [0.1, 0.15) is 0 Å². The van der Waals surface area contributed by atoms with Gasteiger partial charge in [-0.15, -0.1) is 0 Å². The van der Waals surface area contributed by atoms with Crippen LogP contribution in [0.15, 0.2) is 35.1 Å². The van der Waals surface area contributed by atoms with Crippen LogP contribution in [-0.4, -0.2) is 22.4 Å². The molecule has 2 rings (SSSR count). The first-order valence-corrected chi connectivity index (χ1v) is 8.05. The number of esters is 1. The third kappa shape index (κ3) is 4.71. The van der Waals surface area contributed by atoms with Gasteiger partial charge >= 0.3 is 12.1 Å². The average molecular weight is 368 g/mol. The second kappa shape index (κ2) is 7.72. The van der Waals surface area contributed by atoms with Crippen LogP contribution in [-0.2, 0) is 10.9 Å². The van der Waals surface area contributed by atoms with Crippen LogP contribution in [0.25, 0.3) is 5.69 Å². The van der Waals surface area contributed by atoms with Gasteiger partial charge in [-0.05, 0) is 37.5 Å². The van der Waals surface area contributed by atoms with E-state index in [1.54, 1.807) is 0 Å². The molecule has 0 saturated carbocycles. The topological polar surface area (TPSA) is 61.2 Å². The molecule has 2 aromatic rings. The molecule has 140 valence electrons. The summed E-state index contributed by atoms with van der Waals surface area (Å²) in [6, 6.07) is 5.62. The number of rotatable bonds is 5. The first-order valence-electron chi connectivity index (χ1n) is 8.05. The number of alkyl halides is 3. The number of carbonyl (C=O) groups is 1. The Kier molecular flexibility index (Phi) is 5.84. The highest BCUT2D eigenvalue weighted by molar-refractivity contribution is 5.86. The summed E-state index contributed by atoms with van der Waals surface area (Å²) in [6.07, 6.45) is -3.89. The van der Waals surface area contributed by atoms with Crippen molar-refractivity contribution in [3.8, 4) is 5.69 Å². The van der Waals surface area contributed by atoms with Crippen molar-refractivity contribution in [3.63, 3.8) is 0 Å². The van der Waals surface area contributed by atoms with Gasteiger partial charge in [0.25, 0.3) is 0 Å². The third-order valence-corrected chi connectivity index (χ3v) is 3.65. The monoisotopic (exact) mass is 368 g/mol. The Morgan fingerprint density at radius 1 is 1.27 bits per heavy atom. The predicted molar refractivity (Wildman–Crippen MR) is 89.3 cm³/mol. The zero-order valence-corrected chi connectivity index (χ0v) is 14.6. The van der Waals surface area contributed by atoms with Crippen LogP contribution < -0.4 is 5.43 Å². The number of hydrogen-bond donors (Lipinski definition) is 0. The summed E-state index contributed by atoms with van der Waals surface area (Å²) in [5, 5.41) is 3.93. The summed E-state index contributed by atoms with van der Waals surface area (Å²) >= 11 is 0. The molecule has 0 radical (unpaired) electrons. The van der Waals surface area contributed by atoms with Crippen molar-refractivity contribution in [3.05, 3.63) is 57.5 Å². The largest absolute Gasteiger partial charge is 0.461 e. The second-order valence-electron chi connectivity index (χ2n) is 6.28. The van der Waals surface area contributed by atoms with Gasteiger partial charge in [-0.25, -0.2) is 9.48 Å². The lowest BCUT2D eigenvalue weighted by molar-refractivity contribution is -0.137. The number of benzene rings is 1. The molecule has 1 heterocycles. The van der Waals surface area contributed by atoms with Gasteiger partial charge in [0.05, 0.1) is 17.9 Å². The summed E-state index contributed by atoms with van der Waals surface area (Å²) in [4.78, 5) is 24.1. The van der Waals surface area contributed by atoms with E-state index in [9.17, 15) is 22.8 Å². The van der Waals surface area contributed by atoms with Crippen molar-refractivity contribution in [2.24, 2.45) is 5.92 Å². The molecule has 0 aliphatic rings. The zero-order chi connectivity index (χ0) is 19.5. The van der Waals surface area contributed by atoms with Crippen molar-refractivity contribution < 1.29 is 22.7 Å². The zero-order valence-electron chi connectivity index (χ0n) is 14.6. The van der Waals surface area contributed by atoms with Gasteiger partial charge in [-0.1, -0.05) is 19.9 Å². The molecule has 0 atom stereocenters. The molecule has 0 amide bonds. The highest BCUT2D eigenvalue weighted by atomic mass is 19.4. The Balaban J connectivity index is 2.39. The van der Waals surface area contributed by atoms with Gasteiger partial charge in [-0.2, -0.15) is 18.3 Å². The summed E-state index contributed by atoms with van der Waals surface area (Å²) in [6.45, 7) is 5.56. The van der Waals surface area contributed by atoms with Crippen LogP contribution >= 0.6 is 0 Å². The Labute approximate surface area is 148 Å². The fraction of sp³-hybridized carbons (Fsp3) is 0.389. The van der Waals surface area contributed by atoms with Gasteiger partial charge in [-0.3, -0.25) is 4.79 Å². The molecule has 1 aromatic heterocycles. The Morgan fingerprint density at radius 3 is 2.58 bits per heavy atom. The van der Waals surface area contributed by atoms with Gasteiger partial charge in [0.15, 0.2) is 0 Å². The number of nitrogens with zero attached hydrogens (tertiary/aromatic N) is 2. The lowest BCUT2D eigenvalue weighted by atomic mass is 10.1. The number of hydrogen-bond acceptors (Lipinski definition) is 4. The van der Waals surface area contributed by atoms with Crippen LogP contribution in [0, 0.1) is 12.8 Å². The van der Waals surface area contributed by atoms with E-state index in [1.165, 1.54) is 19.1 Å². The second-order valence-corrected chi connectivity index (χ2v) is 6.28. The number of carbonyl (C=O) groups excluding carboxylic acids is 1. The number of aromatic nitrogens is 2. The maximum atomic E-state index is 12.9. The first-order chi connectivity index (χ1) is 12.1. The minimum Gasteiger partial charge on any atom is -0.461 e. The number of ether oxygens (including phenoxy) is 1. The molecule has 1 aromatic carbocycles. The third-order valence-electron chi connectivity index (χ3n) is 3.65. The summed E-state index contributed by atoms with van der Waals surface area (Å²) in [5.41, 5.74) is -1.56. The van der Waals surface area contributed by atoms with E-state index in [4.69, 9.17) is 4.74 Å². The van der Waals surface area contributed by atoms with Crippen molar-refractivity contribution in [2.45, 2.75) is 33.4 Å². The van der Waals surface area contributed by atoms with Gasteiger partial charge in [0.2, 0.25) is 11.1 Å². The first kappa shape index (κ1) is 19.7. The van der Waals surface area contributed by atoms with E-state index in [0.717, 1.165) is 22.9 Å².